The summed E-state index contributed by atoms with van der Waals surface area (Å²) >= 11 is 12.1. The van der Waals surface area contributed by atoms with Crippen molar-refractivity contribution in [3.8, 4) is 5.75 Å². The van der Waals surface area contributed by atoms with Crippen LogP contribution in [-0.4, -0.2) is 12.5 Å². The molecule has 1 aliphatic carbocycles. The van der Waals surface area contributed by atoms with Gasteiger partial charge in [-0.2, -0.15) is 0 Å². The molecule has 0 fully saturated rings. The van der Waals surface area contributed by atoms with Crippen molar-refractivity contribution in [1.29, 1.82) is 0 Å². The summed E-state index contributed by atoms with van der Waals surface area (Å²) in [6, 6.07) is 13.4. The average Bonchev–Trinajstić information content (AvgIpc) is 2.55. The Bertz CT molecular complexity index is 698. The molecule has 0 saturated heterocycles. The zero-order chi connectivity index (χ0) is 16.2. The Kier molecular flexibility index (Phi) is 5.09. The Labute approximate surface area is 145 Å². The van der Waals surface area contributed by atoms with Crippen molar-refractivity contribution in [2.75, 3.05) is 6.61 Å². The van der Waals surface area contributed by atoms with Crippen molar-refractivity contribution in [2.45, 2.75) is 25.3 Å². The second-order valence-electron chi connectivity index (χ2n) is 5.55. The summed E-state index contributed by atoms with van der Waals surface area (Å²) in [4.78, 5) is 12.2. The summed E-state index contributed by atoms with van der Waals surface area (Å²) in [5.74, 6) is 0.165. The van der Waals surface area contributed by atoms with Gasteiger partial charge in [0.2, 0.25) is 0 Å². The van der Waals surface area contributed by atoms with Crippen LogP contribution in [0.15, 0.2) is 42.5 Å². The lowest BCUT2D eigenvalue weighted by Crippen LogP contribution is -2.34. The molecule has 120 valence electrons. The SMILES string of the molecule is O=C(COc1c(Cl)cccc1Cl)NC1CCCc2ccccc21. The number of halogens is 2. The summed E-state index contributed by atoms with van der Waals surface area (Å²) < 4.78 is 5.48. The van der Waals surface area contributed by atoms with E-state index in [1.54, 1.807) is 18.2 Å². The lowest BCUT2D eigenvalue weighted by Gasteiger charge is -2.26. The van der Waals surface area contributed by atoms with Crippen LogP contribution in [0.2, 0.25) is 10.0 Å². The van der Waals surface area contributed by atoms with Crippen LogP contribution in [-0.2, 0) is 11.2 Å². The highest BCUT2D eigenvalue weighted by Crippen LogP contribution is 2.32. The van der Waals surface area contributed by atoms with E-state index in [9.17, 15) is 4.79 Å². The van der Waals surface area contributed by atoms with Crippen LogP contribution < -0.4 is 10.1 Å². The van der Waals surface area contributed by atoms with E-state index in [1.165, 1.54) is 11.1 Å². The standard InChI is InChI=1S/C18H17Cl2NO2/c19-14-8-4-9-15(20)18(14)23-11-17(22)21-16-10-3-6-12-5-1-2-7-13(12)16/h1-2,4-5,7-9,16H,3,6,10-11H2,(H,21,22). The molecule has 5 heteroatoms. The van der Waals surface area contributed by atoms with E-state index in [0.717, 1.165) is 19.3 Å². The number of para-hydroxylation sites is 1. The Morgan fingerprint density at radius 1 is 1.13 bits per heavy atom. The molecule has 1 N–H and O–H groups in total. The maximum Gasteiger partial charge on any atom is 0.258 e. The molecule has 0 aromatic heterocycles. The van der Waals surface area contributed by atoms with Gasteiger partial charge in [-0.25, -0.2) is 0 Å². The molecule has 1 aliphatic rings. The summed E-state index contributed by atoms with van der Waals surface area (Å²) in [6.07, 6.45) is 3.07. The number of carbonyl (C=O) groups excluding carboxylic acids is 1. The minimum Gasteiger partial charge on any atom is -0.481 e. The number of hydrogen-bond acceptors (Lipinski definition) is 2. The summed E-state index contributed by atoms with van der Waals surface area (Å²) in [5.41, 5.74) is 2.50. The number of hydrogen-bond donors (Lipinski definition) is 1. The highest BCUT2D eigenvalue weighted by atomic mass is 35.5. The van der Waals surface area contributed by atoms with Crippen LogP contribution in [0.25, 0.3) is 0 Å². The number of benzene rings is 2. The van der Waals surface area contributed by atoms with E-state index in [-0.39, 0.29) is 18.6 Å². The number of rotatable bonds is 4. The first-order chi connectivity index (χ1) is 11.1. The zero-order valence-corrected chi connectivity index (χ0v) is 14.0. The average molecular weight is 350 g/mol. The lowest BCUT2D eigenvalue weighted by atomic mass is 9.88. The molecule has 0 spiro atoms. The van der Waals surface area contributed by atoms with E-state index >= 15 is 0 Å². The van der Waals surface area contributed by atoms with Crippen molar-refractivity contribution >= 4 is 29.1 Å². The largest absolute Gasteiger partial charge is 0.481 e. The molecule has 2 aromatic rings. The third-order valence-corrected chi connectivity index (χ3v) is 4.57. The van der Waals surface area contributed by atoms with Gasteiger partial charge in [0.25, 0.3) is 5.91 Å². The second kappa shape index (κ2) is 7.24. The monoisotopic (exact) mass is 349 g/mol. The number of nitrogens with one attached hydrogen (secondary N) is 1. The highest BCUT2D eigenvalue weighted by molar-refractivity contribution is 6.37. The minimum absolute atomic E-state index is 0.0396. The lowest BCUT2D eigenvalue weighted by molar-refractivity contribution is -0.123. The van der Waals surface area contributed by atoms with Crippen molar-refractivity contribution < 1.29 is 9.53 Å². The van der Waals surface area contributed by atoms with Gasteiger partial charge >= 0.3 is 0 Å². The summed E-state index contributed by atoms with van der Waals surface area (Å²) in [5, 5.41) is 3.83. The molecule has 0 heterocycles. The Morgan fingerprint density at radius 3 is 2.65 bits per heavy atom. The van der Waals surface area contributed by atoms with Gasteiger partial charge in [-0.1, -0.05) is 53.5 Å². The number of fused-ring (bicyclic) bond motifs is 1. The van der Waals surface area contributed by atoms with Crippen LogP contribution >= 0.6 is 23.2 Å². The maximum atomic E-state index is 12.2. The summed E-state index contributed by atoms with van der Waals surface area (Å²) in [7, 11) is 0. The van der Waals surface area contributed by atoms with E-state index in [0.29, 0.717) is 15.8 Å². The Balaban J connectivity index is 1.63. The molecule has 1 amide bonds. The molecule has 1 atom stereocenters. The molecule has 0 radical (unpaired) electrons. The molecule has 0 saturated carbocycles. The smallest absolute Gasteiger partial charge is 0.258 e. The van der Waals surface area contributed by atoms with Gasteiger partial charge in [-0.3, -0.25) is 4.79 Å². The van der Waals surface area contributed by atoms with E-state index < -0.39 is 0 Å². The van der Waals surface area contributed by atoms with Crippen molar-refractivity contribution in [2.24, 2.45) is 0 Å². The van der Waals surface area contributed by atoms with E-state index in [4.69, 9.17) is 27.9 Å². The number of carbonyl (C=O) groups is 1. The molecule has 2 aromatic carbocycles. The number of amides is 1. The molecule has 3 rings (SSSR count). The molecular formula is C18H17Cl2NO2. The number of ether oxygens (including phenoxy) is 1. The van der Waals surface area contributed by atoms with E-state index in [1.807, 2.05) is 12.1 Å². The fourth-order valence-corrected chi connectivity index (χ4v) is 3.40. The molecular weight excluding hydrogens is 333 g/mol. The third kappa shape index (κ3) is 3.80. The van der Waals surface area contributed by atoms with Crippen LogP contribution in [0.4, 0.5) is 0 Å². The van der Waals surface area contributed by atoms with Gasteiger partial charge in [0.05, 0.1) is 16.1 Å². The highest BCUT2D eigenvalue weighted by Gasteiger charge is 2.21. The first-order valence-electron chi connectivity index (χ1n) is 7.59. The fourth-order valence-electron chi connectivity index (χ4n) is 2.90. The first kappa shape index (κ1) is 16.2. The third-order valence-electron chi connectivity index (χ3n) is 3.97. The van der Waals surface area contributed by atoms with Gasteiger partial charge in [-0.15, -0.1) is 0 Å². The van der Waals surface area contributed by atoms with Gasteiger partial charge < -0.3 is 10.1 Å². The minimum atomic E-state index is -0.178. The van der Waals surface area contributed by atoms with E-state index in [2.05, 4.69) is 17.4 Å². The predicted octanol–water partition coefficient (Wildman–Crippen LogP) is 4.57. The van der Waals surface area contributed by atoms with Gasteiger partial charge in [0, 0.05) is 0 Å². The maximum absolute atomic E-state index is 12.2. The molecule has 23 heavy (non-hydrogen) atoms. The molecule has 1 unspecified atom stereocenters. The topological polar surface area (TPSA) is 38.3 Å². The fraction of sp³-hybridized carbons (Fsp3) is 0.278. The van der Waals surface area contributed by atoms with Crippen LogP contribution in [0.3, 0.4) is 0 Å². The van der Waals surface area contributed by atoms with Gasteiger partial charge in [-0.05, 0) is 42.5 Å². The molecule has 0 aliphatic heterocycles. The van der Waals surface area contributed by atoms with Crippen LogP contribution in [0.1, 0.15) is 30.0 Å². The Morgan fingerprint density at radius 2 is 1.87 bits per heavy atom. The normalized spacial score (nSPS) is 16.5. The Hall–Kier alpha value is -1.71. The molecule has 3 nitrogen and oxygen atoms in total. The van der Waals surface area contributed by atoms with Crippen LogP contribution in [0.5, 0.6) is 5.75 Å². The predicted molar refractivity (Wildman–Crippen MR) is 92.2 cm³/mol. The second-order valence-corrected chi connectivity index (χ2v) is 6.37. The quantitative estimate of drug-likeness (QED) is 0.878. The van der Waals surface area contributed by atoms with Crippen molar-refractivity contribution in [3.05, 3.63) is 63.6 Å². The van der Waals surface area contributed by atoms with Gasteiger partial charge in [0.1, 0.15) is 0 Å². The summed E-state index contributed by atoms with van der Waals surface area (Å²) in [6.45, 7) is -0.109. The molecule has 0 bridgehead atoms. The van der Waals surface area contributed by atoms with Crippen molar-refractivity contribution in [1.82, 2.24) is 5.32 Å². The number of aryl methyl sites for hydroxylation is 1. The van der Waals surface area contributed by atoms with Crippen molar-refractivity contribution in [3.63, 3.8) is 0 Å². The first-order valence-corrected chi connectivity index (χ1v) is 8.34. The van der Waals surface area contributed by atoms with Gasteiger partial charge in [0.15, 0.2) is 12.4 Å². The van der Waals surface area contributed by atoms with Crippen LogP contribution in [0, 0.1) is 0 Å². The zero-order valence-electron chi connectivity index (χ0n) is 12.5.